The first-order valence-corrected chi connectivity index (χ1v) is 7.29. The molecular formula is C18H16N2O3. The Hall–Kier alpha value is -2.95. The maximum atomic E-state index is 11.9. The number of benzene rings is 1. The standard InChI is InChI=1S/C18H16N2O3/c1-22-15-4-2-3-13(11-15)5-6-17-20-16(18(21)23-17)12-14-7-9-19-10-8-14/h2-4,7-12H,5-6H2,1H3/b16-12+. The van der Waals surface area contributed by atoms with Crippen molar-refractivity contribution in [2.24, 2.45) is 4.99 Å². The highest BCUT2D eigenvalue weighted by molar-refractivity contribution is 6.07. The van der Waals surface area contributed by atoms with Gasteiger partial charge in [0.1, 0.15) is 5.75 Å². The Morgan fingerprint density at radius 2 is 2.00 bits per heavy atom. The molecule has 0 radical (unpaired) electrons. The second-order valence-corrected chi connectivity index (χ2v) is 5.06. The third kappa shape index (κ3) is 3.83. The van der Waals surface area contributed by atoms with Crippen LogP contribution < -0.4 is 4.74 Å². The molecule has 0 atom stereocenters. The summed E-state index contributed by atoms with van der Waals surface area (Å²) < 4.78 is 10.4. The number of aromatic nitrogens is 1. The Morgan fingerprint density at radius 3 is 2.78 bits per heavy atom. The fraction of sp³-hybridized carbons (Fsp3) is 0.167. The SMILES string of the molecule is COc1cccc(CCC2=N/C(=C/c3ccncc3)C(=O)O2)c1. The average Bonchev–Trinajstić information content (AvgIpc) is 2.94. The van der Waals surface area contributed by atoms with Gasteiger partial charge in [0.2, 0.25) is 0 Å². The van der Waals surface area contributed by atoms with Crippen LogP contribution in [0, 0.1) is 0 Å². The molecule has 3 rings (SSSR count). The van der Waals surface area contributed by atoms with E-state index in [1.54, 1.807) is 25.6 Å². The van der Waals surface area contributed by atoms with E-state index in [1.165, 1.54) is 0 Å². The number of ether oxygens (including phenoxy) is 2. The molecule has 2 aromatic rings. The lowest BCUT2D eigenvalue weighted by Gasteiger charge is -2.03. The Kier molecular flexibility index (Phi) is 4.47. The molecule has 1 aromatic carbocycles. The van der Waals surface area contributed by atoms with Crippen LogP contribution in [0.1, 0.15) is 17.5 Å². The highest BCUT2D eigenvalue weighted by atomic mass is 16.6. The molecule has 1 aliphatic heterocycles. The number of carbonyl (C=O) groups is 1. The predicted octanol–water partition coefficient (Wildman–Crippen LogP) is 3.02. The molecule has 0 amide bonds. The lowest BCUT2D eigenvalue weighted by molar-refractivity contribution is -0.130. The summed E-state index contributed by atoms with van der Waals surface area (Å²) in [7, 11) is 1.64. The zero-order valence-electron chi connectivity index (χ0n) is 12.7. The molecule has 5 heteroatoms. The molecule has 0 aliphatic carbocycles. The molecule has 0 bridgehead atoms. The van der Waals surface area contributed by atoms with Crippen LogP contribution in [0.15, 0.2) is 59.5 Å². The fourth-order valence-electron chi connectivity index (χ4n) is 2.26. The Balaban J connectivity index is 1.68. The fourth-order valence-corrected chi connectivity index (χ4v) is 2.26. The number of esters is 1. The maximum Gasteiger partial charge on any atom is 0.363 e. The van der Waals surface area contributed by atoms with Gasteiger partial charge in [-0.15, -0.1) is 0 Å². The minimum absolute atomic E-state index is 0.317. The van der Waals surface area contributed by atoms with Gasteiger partial charge in [-0.1, -0.05) is 12.1 Å². The van der Waals surface area contributed by atoms with Crippen LogP contribution in [0.2, 0.25) is 0 Å². The first-order valence-electron chi connectivity index (χ1n) is 7.29. The van der Waals surface area contributed by atoms with Gasteiger partial charge >= 0.3 is 5.97 Å². The average molecular weight is 308 g/mol. The number of methoxy groups -OCH3 is 1. The zero-order chi connectivity index (χ0) is 16.1. The van der Waals surface area contributed by atoms with E-state index < -0.39 is 5.97 Å². The summed E-state index contributed by atoms with van der Waals surface area (Å²) >= 11 is 0. The van der Waals surface area contributed by atoms with Crippen molar-refractivity contribution in [3.8, 4) is 5.75 Å². The van der Waals surface area contributed by atoms with E-state index >= 15 is 0 Å². The van der Waals surface area contributed by atoms with Crippen LogP contribution in [-0.4, -0.2) is 24.0 Å². The van der Waals surface area contributed by atoms with Gasteiger partial charge < -0.3 is 9.47 Å². The molecule has 0 fully saturated rings. The molecule has 0 saturated carbocycles. The molecule has 1 aromatic heterocycles. The number of hydrogen-bond donors (Lipinski definition) is 0. The first-order chi connectivity index (χ1) is 11.2. The van der Waals surface area contributed by atoms with Gasteiger partial charge in [0, 0.05) is 18.8 Å². The van der Waals surface area contributed by atoms with Crippen molar-refractivity contribution < 1.29 is 14.3 Å². The van der Waals surface area contributed by atoms with E-state index in [2.05, 4.69) is 9.98 Å². The van der Waals surface area contributed by atoms with Crippen molar-refractivity contribution in [1.29, 1.82) is 0 Å². The monoisotopic (exact) mass is 308 g/mol. The molecule has 0 saturated heterocycles. The Bertz CT molecular complexity index is 767. The predicted molar refractivity (Wildman–Crippen MR) is 87.1 cm³/mol. The number of hydrogen-bond acceptors (Lipinski definition) is 5. The zero-order valence-corrected chi connectivity index (χ0v) is 12.7. The van der Waals surface area contributed by atoms with Gasteiger partial charge in [-0.3, -0.25) is 4.98 Å². The van der Waals surface area contributed by atoms with Crippen LogP contribution in [0.3, 0.4) is 0 Å². The van der Waals surface area contributed by atoms with Gasteiger partial charge in [-0.05, 0) is 47.9 Å². The molecule has 5 nitrogen and oxygen atoms in total. The van der Waals surface area contributed by atoms with Crippen LogP contribution >= 0.6 is 0 Å². The maximum absolute atomic E-state index is 11.9. The number of aryl methyl sites for hydroxylation is 1. The normalized spacial score (nSPS) is 15.4. The lowest BCUT2D eigenvalue weighted by atomic mass is 10.1. The van der Waals surface area contributed by atoms with Crippen LogP contribution in [-0.2, 0) is 16.0 Å². The number of nitrogens with zero attached hydrogens (tertiary/aromatic N) is 2. The van der Waals surface area contributed by atoms with Crippen molar-refractivity contribution in [1.82, 2.24) is 4.98 Å². The van der Waals surface area contributed by atoms with E-state index in [4.69, 9.17) is 9.47 Å². The topological polar surface area (TPSA) is 60.8 Å². The Morgan fingerprint density at radius 1 is 1.17 bits per heavy atom. The third-order valence-corrected chi connectivity index (χ3v) is 3.44. The van der Waals surface area contributed by atoms with Gasteiger partial charge in [0.25, 0.3) is 0 Å². The summed E-state index contributed by atoms with van der Waals surface area (Å²) in [6, 6.07) is 11.4. The van der Waals surface area contributed by atoms with Crippen LogP contribution in [0.25, 0.3) is 6.08 Å². The summed E-state index contributed by atoms with van der Waals surface area (Å²) in [5.74, 6) is 0.840. The second kappa shape index (κ2) is 6.87. The molecule has 23 heavy (non-hydrogen) atoms. The van der Waals surface area contributed by atoms with Crippen LogP contribution in [0.4, 0.5) is 0 Å². The molecule has 0 unspecified atom stereocenters. The molecule has 0 spiro atoms. The minimum atomic E-state index is -0.414. The highest BCUT2D eigenvalue weighted by Crippen LogP contribution is 2.19. The van der Waals surface area contributed by atoms with Crippen molar-refractivity contribution in [2.75, 3.05) is 7.11 Å². The van der Waals surface area contributed by atoms with Crippen molar-refractivity contribution in [3.05, 3.63) is 65.6 Å². The minimum Gasteiger partial charge on any atom is -0.497 e. The van der Waals surface area contributed by atoms with Gasteiger partial charge in [0.05, 0.1) is 7.11 Å². The molecule has 116 valence electrons. The van der Waals surface area contributed by atoms with Crippen molar-refractivity contribution in [2.45, 2.75) is 12.8 Å². The summed E-state index contributed by atoms with van der Waals surface area (Å²) in [5, 5.41) is 0. The van der Waals surface area contributed by atoms with E-state index in [1.807, 2.05) is 36.4 Å². The summed E-state index contributed by atoms with van der Waals surface area (Å²) in [6.45, 7) is 0. The van der Waals surface area contributed by atoms with E-state index in [0.717, 1.165) is 23.3 Å². The van der Waals surface area contributed by atoms with Gasteiger partial charge in [-0.2, -0.15) is 0 Å². The van der Waals surface area contributed by atoms with E-state index in [-0.39, 0.29) is 0 Å². The molecular weight excluding hydrogens is 292 g/mol. The molecule has 2 heterocycles. The quantitative estimate of drug-likeness (QED) is 0.629. The van der Waals surface area contributed by atoms with E-state index in [9.17, 15) is 4.79 Å². The molecule has 0 N–H and O–H groups in total. The van der Waals surface area contributed by atoms with Crippen molar-refractivity contribution in [3.63, 3.8) is 0 Å². The van der Waals surface area contributed by atoms with Gasteiger partial charge in [0.15, 0.2) is 11.6 Å². The van der Waals surface area contributed by atoms with Crippen LogP contribution in [0.5, 0.6) is 5.75 Å². The number of cyclic esters (lactones) is 1. The number of rotatable bonds is 5. The smallest absolute Gasteiger partial charge is 0.363 e. The van der Waals surface area contributed by atoms with Gasteiger partial charge in [-0.25, -0.2) is 9.79 Å². The summed E-state index contributed by atoms with van der Waals surface area (Å²) in [6.07, 6.45) is 6.32. The van der Waals surface area contributed by atoms with E-state index in [0.29, 0.717) is 18.0 Å². The number of carbonyl (C=O) groups excluding carboxylic acids is 1. The number of pyridine rings is 1. The Labute approximate surface area is 134 Å². The molecule has 1 aliphatic rings. The largest absolute Gasteiger partial charge is 0.497 e. The number of aliphatic imine (C=N–C) groups is 1. The lowest BCUT2D eigenvalue weighted by Crippen LogP contribution is -2.05. The first kappa shape index (κ1) is 15.0. The second-order valence-electron chi connectivity index (χ2n) is 5.06. The van der Waals surface area contributed by atoms with Crippen molar-refractivity contribution >= 4 is 17.9 Å². The highest BCUT2D eigenvalue weighted by Gasteiger charge is 2.22. The summed E-state index contributed by atoms with van der Waals surface area (Å²) in [4.78, 5) is 20.1. The summed E-state index contributed by atoms with van der Waals surface area (Å²) in [5.41, 5.74) is 2.29. The third-order valence-electron chi connectivity index (χ3n) is 3.44.